The average molecular weight is 673 g/mol. The fourth-order valence-corrected chi connectivity index (χ4v) is 8.67. The molecule has 0 unspecified atom stereocenters. The average Bonchev–Trinajstić information content (AvgIpc) is 3.61. The number of fused-ring (bicyclic) bond motifs is 8. The molecule has 1 heteroatoms. The first-order valence-corrected chi connectivity index (χ1v) is 18.3. The molecule has 1 heterocycles. The molecule has 0 aliphatic rings. The first-order chi connectivity index (χ1) is 26.3. The van der Waals surface area contributed by atoms with E-state index in [-0.39, 0.29) is 0 Å². The summed E-state index contributed by atoms with van der Waals surface area (Å²) in [6.45, 7) is 0. The lowest BCUT2D eigenvalue weighted by Crippen LogP contribution is -1.93. The summed E-state index contributed by atoms with van der Waals surface area (Å²) in [7, 11) is 0. The number of furan rings is 1. The summed E-state index contributed by atoms with van der Waals surface area (Å²) in [6, 6.07) is 70.6. The monoisotopic (exact) mass is 672 g/mol. The molecule has 10 aromatic carbocycles. The molecule has 0 radical (unpaired) electrons. The van der Waals surface area contributed by atoms with Crippen LogP contribution >= 0.6 is 0 Å². The van der Waals surface area contributed by atoms with E-state index in [0.717, 1.165) is 21.9 Å². The molecule has 0 aliphatic heterocycles. The van der Waals surface area contributed by atoms with E-state index >= 15 is 0 Å². The summed E-state index contributed by atoms with van der Waals surface area (Å²) in [5.74, 6) is 0. The summed E-state index contributed by atoms with van der Waals surface area (Å²) in [5.41, 5.74) is 11.5. The maximum Gasteiger partial charge on any atom is 0.136 e. The van der Waals surface area contributed by atoms with Crippen LogP contribution < -0.4 is 0 Å². The molecule has 1 aromatic heterocycles. The first kappa shape index (κ1) is 29.7. The number of hydrogen-bond acceptors (Lipinski definition) is 1. The summed E-state index contributed by atoms with van der Waals surface area (Å²) in [5, 5.41) is 12.2. The first-order valence-electron chi connectivity index (χ1n) is 18.3. The Hall–Kier alpha value is -6.96. The van der Waals surface area contributed by atoms with Crippen LogP contribution in [0.25, 0.3) is 110 Å². The molecule has 0 atom stereocenters. The Morgan fingerprint density at radius 3 is 1.51 bits per heavy atom. The molecule has 11 aromatic rings. The fraction of sp³-hybridized carbons (Fsp3) is 0. The number of benzene rings is 10. The Kier molecular flexibility index (Phi) is 6.62. The zero-order valence-corrected chi connectivity index (χ0v) is 28.9. The molecule has 0 aliphatic carbocycles. The lowest BCUT2D eigenvalue weighted by molar-refractivity contribution is 0.669. The second kappa shape index (κ2) is 11.8. The summed E-state index contributed by atoms with van der Waals surface area (Å²) in [6.07, 6.45) is 0. The Morgan fingerprint density at radius 2 is 0.830 bits per heavy atom. The Bertz CT molecular complexity index is 3150. The Morgan fingerprint density at radius 1 is 0.264 bits per heavy atom. The van der Waals surface area contributed by atoms with E-state index in [0.29, 0.717) is 0 Å². The van der Waals surface area contributed by atoms with Crippen molar-refractivity contribution >= 4 is 65.0 Å². The van der Waals surface area contributed by atoms with Gasteiger partial charge in [0, 0.05) is 10.8 Å². The van der Waals surface area contributed by atoms with Crippen molar-refractivity contribution in [1.82, 2.24) is 0 Å². The number of hydrogen-bond donors (Lipinski definition) is 0. The van der Waals surface area contributed by atoms with Gasteiger partial charge in [-0.2, -0.15) is 0 Å². The van der Waals surface area contributed by atoms with E-state index < -0.39 is 0 Å². The standard InChI is InChI=1S/C52H32O/c1-3-14-33(15-4-1)36-27-29-48-47(30-36)52-44(24-13-25-49(52)53-48)50-40-20-9-11-22-42(40)51(43-23-12-10-21-41(43)50)46-32-37(34-16-5-2-6-17-34)31-45-38-19-8-7-18-35(38)26-28-39(45)46/h1-32H. The van der Waals surface area contributed by atoms with Crippen molar-refractivity contribution in [2.24, 2.45) is 0 Å². The number of rotatable bonds is 4. The van der Waals surface area contributed by atoms with Crippen LogP contribution in [0, 0.1) is 0 Å². The SMILES string of the molecule is c1ccc(-c2cc(-c3c4ccccc4c(-c4cccc5oc6ccc(-c7ccccc7)cc6c45)c4ccccc34)c3ccc4ccccc4c3c2)cc1. The highest BCUT2D eigenvalue weighted by Crippen LogP contribution is 2.49. The minimum absolute atomic E-state index is 0.897. The molecular formula is C52H32O. The van der Waals surface area contributed by atoms with Crippen molar-refractivity contribution in [2.45, 2.75) is 0 Å². The van der Waals surface area contributed by atoms with Crippen molar-refractivity contribution < 1.29 is 4.42 Å². The van der Waals surface area contributed by atoms with Gasteiger partial charge in [0.15, 0.2) is 0 Å². The van der Waals surface area contributed by atoms with Gasteiger partial charge in [0.25, 0.3) is 0 Å². The second-order valence-corrected chi connectivity index (χ2v) is 14.0. The van der Waals surface area contributed by atoms with Crippen LogP contribution in [0.2, 0.25) is 0 Å². The molecule has 0 saturated carbocycles. The molecular weight excluding hydrogens is 641 g/mol. The van der Waals surface area contributed by atoms with Gasteiger partial charge in [-0.05, 0) is 118 Å². The predicted molar refractivity (Wildman–Crippen MR) is 225 cm³/mol. The lowest BCUT2D eigenvalue weighted by Gasteiger charge is -2.20. The van der Waals surface area contributed by atoms with E-state index in [1.165, 1.54) is 87.6 Å². The van der Waals surface area contributed by atoms with Gasteiger partial charge in [-0.25, -0.2) is 0 Å². The van der Waals surface area contributed by atoms with Crippen LogP contribution in [0.15, 0.2) is 199 Å². The second-order valence-electron chi connectivity index (χ2n) is 14.0. The quantitative estimate of drug-likeness (QED) is 0.134. The van der Waals surface area contributed by atoms with E-state index in [2.05, 4.69) is 194 Å². The van der Waals surface area contributed by atoms with Crippen LogP contribution in [0.1, 0.15) is 0 Å². The smallest absolute Gasteiger partial charge is 0.136 e. The van der Waals surface area contributed by atoms with E-state index in [1.807, 2.05) is 0 Å². The highest BCUT2D eigenvalue weighted by molar-refractivity contribution is 6.28. The van der Waals surface area contributed by atoms with Crippen LogP contribution in [-0.4, -0.2) is 0 Å². The molecule has 11 rings (SSSR count). The van der Waals surface area contributed by atoms with Crippen molar-refractivity contribution in [2.75, 3.05) is 0 Å². The third-order valence-corrected chi connectivity index (χ3v) is 11.0. The molecule has 246 valence electrons. The van der Waals surface area contributed by atoms with Gasteiger partial charge in [0.2, 0.25) is 0 Å². The maximum absolute atomic E-state index is 6.56. The van der Waals surface area contributed by atoms with E-state index in [9.17, 15) is 0 Å². The normalized spacial score (nSPS) is 11.8. The van der Waals surface area contributed by atoms with Crippen LogP contribution in [-0.2, 0) is 0 Å². The molecule has 0 saturated heterocycles. The molecule has 0 amide bonds. The largest absolute Gasteiger partial charge is 0.456 e. The molecule has 1 nitrogen and oxygen atoms in total. The van der Waals surface area contributed by atoms with Crippen LogP contribution in [0.5, 0.6) is 0 Å². The minimum atomic E-state index is 0.897. The molecule has 0 fully saturated rings. The molecule has 0 bridgehead atoms. The van der Waals surface area contributed by atoms with Crippen molar-refractivity contribution in [3.63, 3.8) is 0 Å². The van der Waals surface area contributed by atoms with Gasteiger partial charge in [0.05, 0.1) is 0 Å². The lowest BCUT2D eigenvalue weighted by atomic mass is 9.82. The van der Waals surface area contributed by atoms with Crippen molar-refractivity contribution in [3.8, 4) is 44.5 Å². The zero-order valence-electron chi connectivity index (χ0n) is 28.9. The van der Waals surface area contributed by atoms with E-state index in [4.69, 9.17) is 4.42 Å². The fourth-order valence-electron chi connectivity index (χ4n) is 8.67. The third-order valence-electron chi connectivity index (χ3n) is 11.0. The van der Waals surface area contributed by atoms with Gasteiger partial charge < -0.3 is 4.42 Å². The third kappa shape index (κ3) is 4.64. The van der Waals surface area contributed by atoms with Gasteiger partial charge in [-0.1, -0.05) is 164 Å². The van der Waals surface area contributed by atoms with Gasteiger partial charge in [-0.15, -0.1) is 0 Å². The summed E-state index contributed by atoms with van der Waals surface area (Å²) >= 11 is 0. The zero-order chi connectivity index (χ0) is 34.9. The molecule has 0 N–H and O–H groups in total. The van der Waals surface area contributed by atoms with Crippen molar-refractivity contribution in [1.29, 1.82) is 0 Å². The van der Waals surface area contributed by atoms with Crippen LogP contribution in [0.4, 0.5) is 0 Å². The van der Waals surface area contributed by atoms with Gasteiger partial charge in [0.1, 0.15) is 11.2 Å². The van der Waals surface area contributed by atoms with E-state index in [1.54, 1.807) is 0 Å². The maximum atomic E-state index is 6.56. The summed E-state index contributed by atoms with van der Waals surface area (Å²) in [4.78, 5) is 0. The topological polar surface area (TPSA) is 13.1 Å². The minimum Gasteiger partial charge on any atom is -0.456 e. The Labute approximate surface area is 307 Å². The summed E-state index contributed by atoms with van der Waals surface area (Å²) < 4.78 is 6.56. The predicted octanol–water partition coefficient (Wildman–Crippen LogP) is 14.9. The Balaban J connectivity index is 1.26. The highest BCUT2D eigenvalue weighted by atomic mass is 16.3. The highest BCUT2D eigenvalue weighted by Gasteiger charge is 2.22. The molecule has 53 heavy (non-hydrogen) atoms. The van der Waals surface area contributed by atoms with Gasteiger partial charge in [-0.3, -0.25) is 0 Å². The van der Waals surface area contributed by atoms with Crippen molar-refractivity contribution in [3.05, 3.63) is 194 Å². The molecule has 0 spiro atoms. The van der Waals surface area contributed by atoms with Gasteiger partial charge >= 0.3 is 0 Å². The van der Waals surface area contributed by atoms with Crippen LogP contribution in [0.3, 0.4) is 0 Å².